The molecule has 19 heteroatoms. The van der Waals surface area contributed by atoms with Gasteiger partial charge < -0.3 is 33.8 Å². The standard InChI is InChI=1S/C81H130O17P2/c1-5-9-13-17-21-25-29-33-36-37-40-43-46-50-54-58-62-66-79(84)92-71-76(97-80(85)67-63-59-55-51-47-41-32-28-24-20-16-12-8-4)73-95-99(87,88)93-69-75(82)70-94-100(89,90)96-74-77(98-81(86)68-64-60-56-52-48-44-39-35-31-27-23-19-15-11-7-3)72-91-78(83)65-61-57-53-49-45-42-38-34-30-26-22-18-14-10-6-2/h9-11,13-15,21-23,25-27,33-36,38-40,43,45,48-50,52,54,57,61,75-77,82H,5-8,12,16-20,24,28-32,37,41-42,44,46-47,51,53,55-56,58-60,62-74H2,1-4H3,(H,87,88)(H,89,90)/b13-9-,14-10-,15-11-,25-21-,26-22-,27-23-,36-33-,38-34-,39-35-,43-40-,49-45-,52-48-,54-50-,61-57-. The zero-order valence-corrected chi connectivity index (χ0v) is 63.3. The van der Waals surface area contributed by atoms with E-state index in [0.29, 0.717) is 38.5 Å². The van der Waals surface area contributed by atoms with Gasteiger partial charge in [-0.05, 0) is 128 Å². The highest BCUT2D eigenvalue weighted by Gasteiger charge is 2.30. The molecule has 0 aromatic rings. The number of aliphatic hydroxyl groups excluding tert-OH is 1. The largest absolute Gasteiger partial charge is 0.472 e. The highest BCUT2D eigenvalue weighted by molar-refractivity contribution is 7.47. The van der Waals surface area contributed by atoms with Crippen molar-refractivity contribution < 1.29 is 80.2 Å². The van der Waals surface area contributed by atoms with Gasteiger partial charge in [0.05, 0.1) is 32.8 Å². The van der Waals surface area contributed by atoms with Crippen LogP contribution in [0.3, 0.4) is 0 Å². The Labute approximate surface area is 603 Å². The molecular formula is C81H130O17P2. The maximum atomic E-state index is 13.1. The predicted octanol–water partition coefficient (Wildman–Crippen LogP) is 21.4. The smallest absolute Gasteiger partial charge is 0.462 e. The van der Waals surface area contributed by atoms with E-state index in [4.69, 9.17) is 37.0 Å². The van der Waals surface area contributed by atoms with Gasteiger partial charge in [0.2, 0.25) is 0 Å². The van der Waals surface area contributed by atoms with Crippen molar-refractivity contribution in [3.63, 3.8) is 0 Å². The van der Waals surface area contributed by atoms with Crippen LogP contribution in [0, 0.1) is 0 Å². The monoisotopic (exact) mass is 1440 g/mol. The minimum absolute atomic E-state index is 0.0160. The summed E-state index contributed by atoms with van der Waals surface area (Å²) in [5, 5.41) is 10.6. The SMILES string of the molecule is CC/C=C\C/C=C\C/C=C\C/C=C\C/C=C\CCCC(=O)OCC(COP(=O)(O)OCC(O)COP(=O)(O)OCC(COC(=O)C/C=C\C/C=C\C/C=C\C/C=C\C/C=C\CC)OC(=O)CCCC/C=C\C/C=C\C/C=C\C/C=C\CC)OC(=O)CCCCCCCCCCCCCCC. The molecule has 0 radical (unpaired) electrons. The van der Waals surface area contributed by atoms with Crippen molar-refractivity contribution >= 4 is 39.5 Å². The van der Waals surface area contributed by atoms with Crippen molar-refractivity contribution in [3.8, 4) is 0 Å². The van der Waals surface area contributed by atoms with Crippen LogP contribution in [-0.4, -0.2) is 96.7 Å². The molecule has 0 heterocycles. The second kappa shape index (κ2) is 71.8. The Hall–Kier alpha value is -5.58. The van der Waals surface area contributed by atoms with E-state index in [1.54, 1.807) is 6.08 Å². The van der Waals surface area contributed by atoms with Crippen LogP contribution in [0.25, 0.3) is 0 Å². The maximum Gasteiger partial charge on any atom is 0.472 e. The first-order valence-electron chi connectivity index (χ1n) is 37.4. The summed E-state index contributed by atoms with van der Waals surface area (Å²) in [6.45, 7) is 4.27. The summed E-state index contributed by atoms with van der Waals surface area (Å²) in [5.41, 5.74) is 0. The van der Waals surface area contributed by atoms with E-state index in [-0.39, 0.29) is 25.7 Å². The van der Waals surface area contributed by atoms with Crippen molar-refractivity contribution in [1.29, 1.82) is 0 Å². The van der Waals surface area contributed by atoms with Crippen LogP contribution in [0.1, 0.15) is 259 Å². The van der Waals surface area contributed by atoms with Gasteiger partial charge in [-0.3, -0.25) is 37.3 Å². The van der Waals surface area contributed by atoms with Crippen molar-refractivity contribution in [1.82, 2.24) is 0 Å². The zero-order valence-electron chi connectivity index (χ0n) is 61.5. The molecule has 100 heavy (non-hydrogen) atoms. The normalized spacial score (nSPS) is 14.9. The van der Waals surface area contributed by atoms with Gasteiger partial charge in [-0.2, -0.15) is 0 Å². The third-order valence-electron chi connectivity index (χ3n) is 14.7. The minimum Gasteiger partial charge on any atom is -0.462 e. The van der Waals surface area contributed by atoms with E-state index in [9.17, 15) is 43.2 Å². The van der Waals surface area contributed by atoms with E-state index in [0.717, 1.165) is 116 Å². The molecule has 0 saturated carbocycles. The lowest BCUT2D eigenvalue weighted by Gasteiger charge is -2.21. The van der Waals surface area contributed by atoms with Crippen LogP contribution in [0.5, 0.6) is 0 Å². The number of hydrogen-bond acceptors (Lipinski definition) is 15. The summed E-state index contributed by atoms with van der Waals surface area (Å²) >= 11 is 0. The molecule has 0 aromatic carbocycles. The number of unbranched alkanes of at least 4 members (excludes halogenated alkanes) is 15. The molecular weight excluding hydrogens is 1310 g/mol. The average molecular weight is 1440 g/mol. The summed E-state index contributed by atoms with van der Waals surface area (Å²) in [4.78, 5) is 72.7. The molecule has 0 spiro atoms. The molecule has 17 nitrogen and oxygen atoms in total. The van der Waals surface area contributed by atoms with Crippen molar-refractivity contribution in [3.05, 3.63) is 170 Å². The summed E-state index contributed by atoms with van der Waals surface area (Å²) in [6.07, 6.45) is 84.0. The lowest BCUT2D eigenvalue weighted by molar-refractivity contribution is -0.161. The Morgan fingerprint density at radius 1 is 0.300 bits per heavy atom. The van der Waals surface area contributed by atoms with Crippen LogP contribution in [-0.2, 0) is 65.4 Å². The Balaban J connectivity index is 5.51. The van der Waals surface area contributed by atoms with E-state index in [2.05, 4.69) is 155 Å². The van der Waals surface area contributed by atoms with Crippen LogP contribution < -0.4 is 0 Å². The summed E-state index contributed by atoms with van der Waals surface area (Å²) < 4.78 is 68.2. The predicted molar refractivity (Wildman–Crippen MR) is 408 cm³/mol. The van der Waals surface area contributed by atoms with Gasteiger partial charge in [0.25, 0.3) is 0 Å². The Kier molecular flexibility index (Phi) is 67.8. The Morgan fingerprint density at radius 2 is 0.570 bits per heavy atom. The molecule has 0 saturated heterocycles. The molecule has 0 aliphatic heterocycles. The molecule has 0 aliphatic rings. The third-order valence-corrected chi connectivity index (χ3v) is 16.6. The van der Waals surface area contributed by atoms with Gasteiger partial charge in [0.15, 0.2) is 12.2 Å². The molecule has 0 bridgehead atoms. The van der Waals surface area contributed by atoms with Crippen LogP contribution in [0.4, 0.5) is 0 Å². The lowest BCUT2D eigenvalue weighted by atomic mass is 10.0. The number of allylic oxidation sites excluding steroid dienone is 27. The fourth-order valence-corrected chi connectivity index (χ4v) is 10.7. The quantitative estimate of drug-likeness (QED) is 0.0169. The highest BCUT2D eigenvalue weighted by Crippen LogP contribution is 2.45. The van der Waals surface area contributed by atoms with E-state index in [1.165, 1.54) is 51.4 Å². The van der Waals surface area contributed by atoms with Crippen LogP contribution in [0.15, 0.2) is 170 Å². The molecule has 5 atom stereocenters. The Morgan fingerprint density at radius 3 is 0.920 bits per heavy atom. The molecule has 0 aromatic heterocycles. The summed E-state index contributed by atoms with van der Waals surface area (Å²) in [5.74, 6) is -2.45. The fourth-order valence-electron chi connectivity index (χ4n) is 9.14. The van der Waals surface area contributed by atoms with Gasteiger partial charge in [-0.15, -0.1) is 0 Å². The lowest BCUT2D eigenvalue weighted by Crippen LogP contribution is -2.30. The number of phosphoric ester groups is 2. The van der Waals surface area contributed by atoms with Crippen molar-refractivity contribution in [2.24, 2.45) is 0 Å². The third kappa shape index (κ3) is 70.8. The second-order valence-corrected chi connectivity index (χ2v) is 27.0. The second-order valence-electron chi connectivity index (χ2n) is 24.1. The topological polar surface area (TPSA) is 237 Å². The first kappa shape index (κ1) is 94.4. The number of carbonyl (C=O) groups excluding carboxylic acids is 4. The van der Waals surface area contributed by atoms with E-state index >= 15 is 0 Å². The van der Waals surface area contributed by atoms with E-state index in [1.807, 2.05) is 36.5 Å². The first-order chi connectivity index (χ1) is 48.7. The van der Waals surface area contributed by atoms with Gasteiger partial charge in [-0.25, -0.2) is 9.13 Å². The molecule has 0 fully saturated rings. The number of phosphoric acid groups is 2. The molecule has 566 valence electrons. The first-order valence-corrected chi connectivity index (χ1v) is 40.4. The molecule has 5 unspecified atom stereocenters. The zero-order chi connectivity index (χ0) is 73.2. The highest BCUT2D eigenvalue weighted by atomic mass is 31.2. The van der Waals surface area contributed by atoms with Gasteiger partial charge in [-0.1, -0.05) is 275 Å². The van der Waals surface area contributed by atoms with Crippen molar-refractivity contribution in [2.45, 2.75) is 277 Å². The summed E-state index contributed by atoms with van der Waals surface area (Å²) in [6, 6.07) is 0. The van der Waals surface area contributed by atoms with Crippen LogP contribution in [0.2, 0.25) is 0 Å². The number of carbonyl (C=O) groups is 4. The fraction of sp³-hybridized carbons (Fsp3) is 0.605. The van der Waals surface area contributed by atoms with Gasteiger partial charge >= 0.3 is 39.5 Å². The number of ether oxygens (including phenoxy) is 4. The Bertz CT molecular complexity index is 2570. The van der Waals surface area contributed by atoms with Crippen LogP contribution >= 0.6 is 15.6 Å². The van der Waals surface area contributed by atoms with E-state index < -0.39 is 97.5 Å². The number of esters is 4. The van der Waals surface area contributed by atoms with Gasteiger partial charge in [0.1, 0.15) is 19.3 Å². The van der Waals surface area contributed by atoms with Crippen molar-refractivity contribution in [2.75, 3.05) is 39.6 Å². The average Bonchev–Trinajstić information content (AvgIpc) is 0.965. The number of hydrogen-bond donors (Lipinski definition) is 3. The maximum absolute atomic E-state index is 13.1. The van der Waals surface area contributed by atoms with Gasteiger partial charge in [0, 0.05) is 19.3 Å². The molecule has 0 amide bonds. The number of aliphatic hydroxyl groups is 1. The summed E-state index contributed by atoms with van der Waals surface area (Å²) in [7, 11) is -10.0. The molecule has 0 rings (SSSR count). The minimum atomic E-state index is -5.01. The number of rotatable bonds is 68. The molecule has 0 aliphatic carbocycles. The molecule has 3 N–H and O–H groups in total.